The van der Waals surface area contributed by atoms with Crippen molar-refractivity contribution in [3.8, 4) is 0 Å². The first-order chi connectivity index (χ1) is 15.4. The number of nitrogens with one attached hydrogen (secondary N) is 2. The van der Waals surface area contributed by atoms with Crippen molar-refractivity contribution in [2.24, 2.45) is 5.92 Å². The minimum Gasteiger partial charge on any atom is -0.326 e. The molecule has 0 aliphatic heterocycles. The lowest BCUT2D eigenvalue weighted by atomic mass is 9.95. The monoisotopic (exact) mass is 486 g/mol. The third-order valence-corrected chi connectivity index (χ3v) is 7.24. The van der Waals surface area contributed by atoms with Gasteiger partial charge in [0, 0.05) is 35.4 Å². The maximum Gasteiger partial charge on any atom is 0.435 e. The number of rotatable bonds is 8. The Hall–Kier alpha value is -2.40. The van der Waals surface area contributed by atoms with E-state index in [9.17, 15) is 26.4 Å². The fraction of sp³-hybridized carbons (Fsp3) is 0.545. The molecule has 11 heteroatoms. The molecule has 182 valence electrons. The Labute approximate surface area is 191 Å². The average molecular weight is 487 g/mol. The van der Waals surface area contributed by atoms with E-state index in [1.165, 1.54) is 28.9 Å². The molecule has 1 aromatic carbocycles. The van der Waals surface area contributed by atoms with Crippen LogP contribution in [-0.4, -0.2) is 30.1 Å². The Bertz CT molecular complexity index is 1090. The second-order valence-corrected chi connectivity index (χ2v) is 10.4. The maximum absolute atomic E-state index is 13.3. The van der Waals surface area contributed by atoms with Gasteiger partial charge in [0.25, 0.3) is 0 Å². The lowest BCUT2D eigenvalue weighted by Crippen LogP contribution is -2.30. The van der Waals surface area contributed by atoms with Gasteiger partial charge in [0.05, 0.1) is 4.90 Å². The number of aryl methyl sites for hydroxylation is 1. The third-order valence-electron chi connectivity index (χ3n) is 5.57. The van der Waals surface area contributed by atoms with E-state index < -0.39 is 27.8 Å². The van der Waals surface area contributed by atoms with Crippen molar-refractivity contribution in [3.63, 3.8) is 0 Å². The Morgan fingerprint density at radius 2 is 1.76 bits per heavy atom. The van der Waals surface area contributed by atoms with Gasteiger partial charge >= 0.3 is 6.18 Å². The maximum atomic E-state index is 13.3. The lowest BCUT2D eigenvalue weighted by Gasteiger charge is -2.16. The number of fused-ring (bicyclic) bond motifs is 1. The molecular formula is C22H29F3N4O3S. The zero-order valence-electron chi connectivity index (χ0n) is 18.9. The van der Waals surface area contributed by atoms with Crippen molar-refractivity contribution in [1.82, 2.24) is 14.5 Å². The molecule has 1 atom stereocenters. The molecule has 0 saturated carbocycles. The number of carbonyl (C=O) groups excluding carboxylic acids is 1. The van der Waals surface area contributed by atoms with Gasteiger partial charge < -0.3 is 5.32 Å². The number of hydrogen-bond donors (Lipinski definition) is 2. The summed E-state index contributed by atoms with van der Waals surface area (Å²) in [5.41, 5.74) is 0.531. The highest BCUT2D eigenvalue weighted by atomic mass is 32.2. The van der Waals surface area contributed by atoms with Crippen molar-refractivity contribution in [3.05, 3.63) is 41.2 Å². The Balaban J connectivity index is 1.62. The van der Waals surface area contributed by atoms with E-state index in [1.807, 2.05) is 0 Å². The van der Waals surface area contributed by atoms with Crippen molar-refractivity contribution >= 4 is 21.6 Å². The standard InChI is InChI=1S/C22H29F3N4O3S/c1-14(2)28-33(31,32)17-10-8-16(9-11-17)26-21(30)15(3)12-13-29-19-7-5-4-6-18(19)20(27-29)22(23,24)25/h8-11,14-15,28H,4-7,12-13H2,1-3H3,(H,26,30). The molecule has 3 rings (SSSR count). The fourth-order valence-electron chi connectivity index (χ4n) is 3.89. The Morgan fingerprint density at radius 1 is 1.12 bits per heavy atom. The molecular weight excluding hydrogens is 457 g/mol. The Kier molecular flexibility index (Phi) is 7.52. The van der Waals surface area contributed by atoms with Gasteiger partial charge in [-0.1, -0.05) is 6.92 Å². The van der Waals surface area contributed by atoms with Crippen LogP contribution in [0, 0.1) is 5.92 Å². The zero-order valence-corrected chi connectivity index (χ0v) is 19.7. The quantitative estimate of drug-likeness (QED) is 0.587. The molecule has 1 unspecified atom stereocenters. The molecule has 1 heterocycles. The molecule has 1 aliphatic rings. The topological polar surface area (TPSA) is 93.1 Å². The van der Waals surface area contributed by atoms with Gasteiger partial charge in [-0.05, 0) is 70.2 Å². The summed E-state index contributed by atoms with van der Waals surface area (Å²) in [6, 6.07) is 5.56. The molecule has 0 bridgehead atoms. The van der Waals surface area contributed by atoms with Crippen molar-refractivity contribution < 1.29 is 26.4 Å². The molecule has 0 radical (unpaired) electrons. The summed E-state index contributed by atoms with van der Waals surface area (Å²) in [6.07, 6.45) is -1.70. The SMILES string of the molecule is CC(C)NS(=O)(=O)c1ccc(NC(=O)C(C)CCn2nc(C(F)(F)F)c3c2CCCC3)cc1. The second-order valence-electron chi connectivity index (χ2n) is 8.68. The van der Waals surface area contributed by atoms with Gasteiger partial charge in [0.1, 0.15) is 0 Å². The van der Waals surface area contributed by atoms with Gasteiger partial charge in [0.2, 0.25) is 15.9 Å². The number of benzene rings is 1. The smallest absolute Gasteiger partial charge is 0.326 e. The lowest BCUT2D eigenvalue weighted by molar-refractivity contribution is -0.142. The van der Waals surface area contributed by atoms with Crippen LogP contribution in [0.15, 0.2) is 29.2 Å². The Morgan fingerprint density at radius 3 is 2.36 bits per heavy atom. The van der Waals surface area contributed by atoms with Gasteiger partial charge in [-0.3, -0.25) is 9.48 Å². The second kappa shape index (κ2) is 9.84. The summed E-state index contributed by atoms with van der Waals surface area (Å²) in [5, 5.41) is 6.55. The van der Waals surface area contributed by atoms with Crippen LogP contribution in [0.4, 0.5) is 18.9 Å². The number of alkyl halides is 3. The summed E-state index contributed by atoms with van der Waals surface area (Å²) in [7, 11) is -3.63. The molecule has 0 fully saturated rings. The van der Waals surface area contributed by atoms with Crippen molar-refractivity contribution in [2.75, 3.05) is 5.32 Å². The number of sulfonamides is 1. The summed E-state index contributed by atoms with van der Waals surface area (Å²) >= 11 is 0. The minimum absolute atomic E-state index is 0.0890. The molecule has 2 N–H and O–H groups in total. The summed E-state index contributed by atoms with van der Waals surface area (Å²) in [6.45, 7) is 5.35. The van der Waals surface area contributed by atoms with Crippen LogP contribution in [0.25, 0.3) is 0 Å². The van der Waals surface area contributed by atoms with Gasteiger partial charge in [-0.25, -0.2) is 13.1 Å². The first-order valence-corrected chi connectivity index (χ1v) is 12.5. The number of amides is 1. The van der Waals surface area contributed by atoms with Crippen molar-refractivity contribution in [2.45, 2.75) is 76.5 Å². The molecule has 1 amide bonds. The zero-order chi connectivity index (χ0) is 24.4. The normalized spacial score (nSPS) is 15.4. The number of nitrogens with zero attached hydrogens (tertiary/aromatic N) is 2. The van der Waals surface area contributed by atoms with Crippen LogP contribution < -0.4 is 10.0 Å². The number of halogens is 3. The summed E-state index contributed by atoms with van der Waals surface area (Å²) in [4.78, 5) is 12.7. The predicted octanol–water partition coefficient (Wildman–Crippen LogP) is 4.13. The minimum atomic E-state index is -4.49. The molecule has 1 aliphatic carbocycles. The molecule has 1 aromatic heterocycles. The average Bonchev–Trinajstić information content (AvgIpc) is 3.10. The van der Waals surface area contributed by atoms with Crippen LogP contribution >= 0.6 is 0 Å². The highest BCUT2D eigenvalue weighted by Crippen LogP contribution is 2.36. The third kappa shape index (κ3) is 6.14. The molecule has 0 saturated heterocycles. The van der Waals surface area contributed by atoms with E-state index in [4.69, 9.17) is 0 Å². The fourth-order valence-corrected chi connectivity index (χ4v) is 5.14. The van der Waals surface area contributed by atoms with Gasteiger partial charge in [0.15, 0.2) is 5.69 Å². The predicted molar refractivity (Wildman–Crippen MR) is 118 cm³/mol. The highest BCUT2D eigenvalue weighted by molar-refractivity contribution is 7.89. The van der Waals surface area contributed by atoms with E-state index >= 15 is 0 Å². The van der Waals surface area contributed by atoms with E-state index in [-0.39, 0.29) is 29.0 Å². The highest BCUT2D eigenvalue weighted by Gasteiger charge is 2.39. The first kappa shape index (κ1) is 25.2. The van der Waals surface area contributed by atoms with Crippen LogP contribution in [0.2, 0.25) is 0 Å². The molecule has 7 nitrogen and oxygen atoms in total. The largest absolute Gasteiger partial charge is 0.435 e. The number of carbonyl (C=O) groups is 1. The van der Waals surface area contributed by atoms with E-state index in [2.05, 4.69) is 15.1 Å². The van der Waals surface area contributed by atoms with Crippen molar-refractivity contribution in [1.29, 1.82) is 0 Å². The van der Waals surface area contributed by atoms with E-state index in [0.717, 1.165) is 6.42 Å². The van der Waals surface area contributed by atoms with Crippen LogP contribution in [0.3, 0.4) is 0 Å². The number of hydrogen-bond acceptors (Lipinski definition) is 4. The molecule has 33 heavy (non-hydrogen) atoms. The first-order valence-electron chi connectivity index (χ1n) is 11.0. The van der Waals surface area contributed by atoms with Crippen LogP contribution in [-0.2, 0) is 40.4 Å². The summed E-state index contributed by atoms with van der Waals surface area (Å²) in [5.74, 6) is -0.781. The molecule has 2 aromatic rings. The van der Waals surface area contributed by atoms with Gasteiger partial charge in [-0.2, -0.15) is 18.3 Å². The van der Waals surface area contributed by atoms with Crippen LogP contribution in [0.5, 0.6) is 0 Å². The summed E-state index contributed by atoms with van der Waals surface area (Å²) < 4.78 is 68.3. The number of aromatic nitrogens is 2. The number of anilines is 1. The van der Waals surface area contributed by atoms with E-state index in [0.29, 0.717) is 37.1 Å². The van der Waals surface area contributed by atoms with Gasteiger partial charge in [-0.15, -0.1) is 0 Å². The van der Waals surface area contributed by atoms with E-state index in [1.54, 1.807) is 20.8 Å². The molecule has 0 spiro atoms. The van der Waals surface area contributed by atoms with Crippen LogP contribution in [0.1, 0.15) is 57.0 Å².